The minimum absolute atomic E-state index is 0.253. The smallest absolute Gasteiger partial charge is 0.120 e. The summed E-state index contributed by atoms with van der Waals surface area (Å²) in [6.45, 7) is 16.3. The first-order valence-corrected chi connectivity index (χ1v) is 9.46. The van der Waals surface area contributed by atoms with Crippen molar-refractivity contribution in [1.82, 2.24) is 9.88 Å². The molecule has 0 fully saturated rings. The lowest BCUT2D eigenvalue weighted by atomic mass is 10.1. The van der Waals surface area contributed by atoms with Crippen molar-refractivity contribution in [2.75, 3.05) is 6.54 Å². The van der Waals surface area contributed by atoms with Gasteiger partial charge in [0.15, 0.2) is 0 Å². The Balaban J connectivity index is 2.44. The van der Waals surface area contributed by atoms with E-state index in [1.807, 2.05) is 0 Å². The second-order valence-corrected chi connectivity index (χ2v) is 7.26. The van der Waals surface area contributed by atoms with E-state index in [0.29, 0.717) is 5.92 Å². The maximum Gasteiger partial charge on any atom is 0.120 e. The average Bonchev–Trinajstić information content (AvgIpc) is 2.79. The van der Waals surface area contributed by atoms with E-state index in [9.17, 15) is 0 Å². The highest BCUT2D eigenvalue weighted by Crippen LogP contribution is 2.30. The first-order valence-electron chi connectivity index (χ1n) is 9.46. The molecule has 0 spiro atoms. The molecular weight excluding hydrogens is 296 g/mol. The van der Waals surface area contributed by atoms with Crippen LogP contribution in [0.5, 0.6) is 5.75 Å². The maximum atomic E-state index is 6.05. The SMILES string of the molecule is CCCNCc1c(C)n(CC(C)C)c2ccc(O[C@@H](C)CC)cc12. The number of nitrogens with zero attached hydrogens (tertiary/aromatic N) is 1. The van der Waals surface area contributed by atoms with Crippen molar-refractivity contribution in [2.45, 2.75) is 73.6 Å². The summed E-state index contributed by atoms with van der Waals surface area (Å²) in [5.41, 5.74) is 4.11. The van der Waals surface area contributed by atoms with Crippen LogP contribution in [-0.2, 0) is 13.1 Å². The Morgan fingerprint density at radius 2 is 1.92 bits per heavy atom. The molecule has 0 bridgehead atoms. The van der Waals surface area contributed by atoms with Crippen molar-refractivity contribution in [1.29, 1.82) is 0 Å². The van der Waals surface area contributed by atoms with Gasteiger partial charge in [0.1, 0.15) is 5.75 Å². The van der Waals surface area contributed by atoms with Gasteiger partial charge in [-0.15, -0.1) is 0 Å². The number of benzene rings is 1. The first-order chi connectivity index (χ1) is 11.5. The second kappa shape index (κ2) is 8.57. The van der Waals surface area contributed by atoms with Crippen molar-refractivity contribution in [2.24, 2.45) is 5.92 Å². The Labute approximate surface area is 147 Å². The first kappa shape index (κ1) is 18.9. The van der Waals surface area contributed by atoms with Gasteiger partial charge in [-0.25, -0.2) is 0 Å². The summed E-state index contributed by atoms with van der Waals surface area (Å²) in [4.78, 5) is 0. The van der Waals surface area contributed by atoms with Gasteiger partial charge in [-0.3, -0.25) is 0 Å². The third-order valence-corrected chi connectivity index (χ3v) is 4.61. The quantitative estimate of drug-likeness (QED) is 0.633. The normalized spacial score (nSPS) is 13.0. The fourth-order valence-electron chi connectivity index (χ4n) is 3.13. The Morgan fingerprint density at radius 3 is 2.54 bits per heavy atom. The molecule has 1 N–H and O–H groups in total. The molecule has 2 rings (SSSR count). The number of ether oxygens (including phenoxy) is 1. The fourth-order valence-corrected chi connectivity index (χ4v) is 3.13. The van der Waals surface area contributed by atoms with Gasteiger partial charge in [0.05, 0.1) is 6.10 Å². The summed E-state index contributed by atoms with van der Waals surface area (Å²) >= 11 is 0. The van der Waals surface area contributed by atoms with Gasteiger partial charge >= 0.3 is 0 Å². The molecule has 1 aromatic carbocycles. The molecule has 1 atom stereocenters. The lowest BCUT2D eigenvalue weighted by Gasteiger charge is -2.13. The Kier molecular flexibility index (Phi) is 6.73. The van der Waals surface area contributed by atoms with Crippen molar-refractivity contribution >= 4 is 10.9 Å². The van der Waals surface area contributed by atoms with Gasteiger partial charge < -0.3 is 14.6 Å². The molecule has 0 amide bonds. The summed E-state index contributed by atoms with van der Waals surface area (Å²) < 4.78 is 8.52. The zero-order chi connectivity index (χ0) is 17.7. The van der Waals surface area contributed by atoms with Crippen LogP contribution in [0.1, 0.15) is 58.7 Å². The van der Waals surface area contributed by atoms with Gasteiger partial charge in [-0.2, -0.15) is 0 Å². The minimum atomic E-state index is 0.253. The summed E-state index contributed by atoms with van der Waals surface area (Å²) in [6, 6.07) is 6.58. The number of aromatic nitrogens is 1. The van der Waals surface area contributed by atoms with Crippen molar-refractivity contribution in [3.8, 4) is 5.75 Å². The standard InChI is InChI=1S/C21H34N2O/c1-7-11-22-13-20-17(6)23(14-15(3)4)21-10-9-18(12-19(20)21)24-16(5)8-2/h9-10,12,15-16,22H,7-8,11,13-14H2,1-6H3/t16-/m0/s1. The molecule has 0 saturated carbocycles. The zero-order valence-corrected chi connectivity index (χ0v) is 16.3. The van der Waals surface area contributed by atoms with Crippen molar-refractivity contribution < 1.29 is 4.74 Å². The summed E-state index contributed by atoms with van der Waals surface area (Å²) in [6.07, 6.45) is 2.44. The van der Waals surface area contributed by atoms with E-state index >= 15 is 0 Å². The fraction of sp³-hybridized carbons (Fsp3) is 0.619. The zero-order valence-electron chi connectivity index (χ0n) is 16.3. The van der Waals surface area contributed by atoms with E-state index in [-0.39, 0.29) is 6.10 Å². The maximum absolute atomic E-state index is 6.05. The van der Waals surface area contributed by atoms with E-state index in [1.54, 1.807) is 0 Å². The van der Waals surface area contributed by atoms with Crippen LogP contribution in [0.2, 0.25) is 0 Å². The topological polar surface area (TPSA) is 26.2 Å². The summed E-state index contributed by atoms with van der Waals surface area (Å²) in [7, 11) is 0. The van der Waals surface area contributed by atoms with E-state index in [2.05, 4.69) is 69.6 Å². The molecule has 0 aliphatic rings. The third kappa shape index (κ3) is 4.32. The summed E-state index contributed by atoms with van der Waals surface area (Å²) in [5, 5.41) is 4.90. The molecule has 1 heterocycles. The van der Waals surface area contributed by atoms with Gasteiger partial charge in [0.2, 0.25) is 0 Å². The van der Waals surface area contributed by atoms with Gasteiger partial charge in [0.25, 0.3) is 0 Å². The van der Waals surface area contributed by atoms with Crippen LogP contribution in [0.3, 0.4) is 0 Å². The third-order valence-electron chi connectivity index (χ3n) is 4.61. The largest absolute Gasteiger partial charge is 0.491 e. The summed E-state index contributed by atoms with van der Waals surface area (Å²) in [5.74, 6) is 1.61. The number of rotatable bonds is 9. The monoisotopic (exact) mass is 330 g/mol. The van der Waals surface area contributed by atoms with Gasteiger partial charge in [0, 0.05) is 29.7 Å². The Hall–Kier alpha value is -1.48. The lowest BCUT2D eigenvalue weighted by Crippen LogP contribution is -2.15. The molecular formula is C21H34N2O. The molecule has 3 heteroatoms. The number of hydrogen-bond donors (Lipinski definition) is 1. The van der Waals surface area contributed by atoms with Crippen molar-refractivity contribution in [3.05, 3.63) is 29.5 Å². The Morgan fingerprint density at radius 1 is 1.17 bits per heavy atom. The number of nitrogens with one attached hydrogen (secondary N) is 1. The van der Waals surface area contributed by atoms with E-state index < -0.39 is 0 Å². The highest BCUT2D eigenvalue weighted by Gasteiger charge is 2.16. The molecule has 24 heavy (non-hydrogen) atoms. The number of fused-ring (bicyclic) bond motifs is 1. The van der Waals surface area contributed by atoms with Crippen LogP contribution in [0.15, 0.2) is 18.2 Å². The van der Waals surface area contributed by atoms with Crippen LogP contribution < -0.4 is 10.1 Å². The van der Waals surface area contributed by atoms with Crippen LogP contribution in [0, 0.1) is 12.8 Å². The Bertz CT molecular complexity index is 657. The molecule has 0 aliphatic carbocycles. The second-order valence-electron chi connectivity index (χ2n) is 7.26. The molecule has 2 aromatic rings. The van der Waals surface area contributed by atoms with E-state index in [4.69, 9.17) is 4.74 Å². The molecule has 0 unspecified atom stereocenters. The van der Waals surface area contributed by atoms with Crippen LogP contribution >= 0.6 is 0 Å². The van der Waals surface area contributed by atoms with E-state index in [1.165, 1.54) is 22.2 Å². The van der Waals surface area contributed by atoms with Crippen molar-refractivity contribution in [3.63, 3.8) is 0 Å². The molecule has 1 aromatic heterocycles. The number of hydrogen-bond acceptors (Lipinski definition) is 2. The van der Waals surface area contributed by atoms with E-state index in [0.717, 1.165) is 38.2 Å². The molecule has 0 aliphatic heterocycles. The highest BCUT2D eigenvalue weighted by molar-refractivity contribution is 5.87. The van der Waals surface area contributed by atoms with Gasteiger partial charge in [-0.1, -0.05) is 27.7 Å². The molecule has 0 radical (unpaired) electrons. The van der Waals surface area contributed by atoms with Crippen LogP contribution in [-0.4, -0.2) is 17.2 Å². The average molecular weight is 331 g/mol. The van der Waals surface area contributed by atoms with Crippen LogP contribution in [0.25, 0.3) is 10.9 Å². The molecule has 134 valence electrons. The predicted octanol–water partition coefficient (Wildman–Crippen LogP) is 5.28. The van der Waals surface area contributed by atoms with Gasteiger partial charge in [-0.05, 0) is 62.9 Å². The lowest BCUT2D eigenvalue weighted by molar-refractivity contribution is 0.217. The molecule has 3 nitrogen and oxygen atoms in total. The predicted molar refractivity (Wildman–Crippen MR) is 104 cm³/mol. The molecule has 0 saturated heterocycles. The highest BCUT2D eigenvalue weighted by atomic mass is 16.5. The minimum Gasteiger partial charge on any atom is -0.491 e. The van der Waals surface area contributed by atoms with Crippen LogP contribution in [0.4, 0.5) is 0 Å².